The van der Waals surface area contributed by atoms with Crippen LogP contribution in [0.1, 0.15) is 22.5 Å². The van der Waals surface area contributed by atoms with Gasteiger partial charge in [0.15, 0.2) is 0 Å². The van der Waals surface area contributed by atoms with Gasteiger partial charge < -0.3 is 16.0 Å². The third-order valence-electron chi connectivity index (χ3n) is 4.66. The van der Waals surface area contributed by atoms with Crippen LogP contribution >= 0.6 is 11.3 Å². The molecule has 1 atom stereocenters. The van der Waals surface area contributed by atoms with Gasteiger partial charge in [0, 0.05) is 18.8 Å². The van der Waals surface area contributed by atoms with Crippen LogP contribution in [0.25, 0.3) is 10.2 Å². The van der Waals surface area contributed by atoms with Crippen molar-refractivity contribution in [2.45, 2.75) is 18.9 Å². The monoisotopic (exact) mass is 302 g/mol. The molecule has 5 heterocycles. The van der Waals surface area contributed by atoms with Gasteiger partial charge in [-0.25, -0.2) is 0 Å². The molecule has 3 saturated heterocycles. The topological polar surface area (TPSA) is 71.2 Å². The fourth-order valence-electron chi connectivity index (χ4n) is 3.48. The number of piperidine rings is 3. The highest BCUT2D eigenvalue weighted by Crippen LogP contribution is 2.33. The summed E-state index contributed by atoms with van der Waals surface area (Å²) in [7, 11) is 0. The van der Waals surface area contributed by atoms with Gasteiger partial charge in [0.1, 0.15) is 10.4 Å². The molecule has 0 radical (unpaired) electrons. The molecule has 3 fully saturated rings. The van der Waals surface area contributed by atoms with Crippen molar-refractivity contribution in [3.63, 3.8) is 0 Å². The van der Waals surface area contributed by atoms with Crippen molar-refractivity contribution in [3.8, 4) is 0 Å². The van der Waals surface area contributed by atoms with E-state index in [0.717, 1.165) is 16.8 Å². The Morgan fingerprint density at radius 1 is 1.43 bits per heavy atom. The Bertz CT molecular complexity index is 690. The van der Waals surface area contributed by atoms with Crippen LogP contribution in [0.4, 0.5) is 5.69 Å². The van der Waals surface area contributed by atoms with Crippen LogP contribution < -0.4 is 11.1 Å². The van der Waals surface area contributed by atoms with Gasteiger partial charge in [0.2, 0.25) is 0 Å². The summed E-state index contributed by atoms with van der Waals surface area (Å²) in [5, 5.41) is 3.19. The molecule has 0 spiro atoms. The standard InChI is InChI=1S/C15H18N4OS/c16-12-13-11(2-1-5-17-13)21-14(12)15(20)18-10-8-19-6-3-9(10)4-7-19/h1-2,5,9-10H,3-4,6-8,16H2,(H,18,20). The molecule has 0 saturated carbocycles. The first-order valence-electron chi connectivity index (χ1n) is 7.38. The zero-order chi connectivity index (χ0) is 14.4. The second-order valence-corrected chi connectivity index (χ2v) is 6.97. The number of rotatable bonds is 2. The van der Waals surface area contributed by atoms with Crippen LogP contribution in [0, 0.1) is 5.92 Å². The Morgan fingerprint density at radius 3 is 2.90 bits per heavy atom. The van der Waals surface area contributed by atoms with Crippen molar-refractivity contribution in [2.75, 3.05) is 25.4 Å². The lowest BCUT2D eigenvalue weighted by Gasteiger charge is -2.44. The average Bonchev–Trinajstić information content (AvgIpc) is 2.86. The summed E-state index contributed by atoms with van der Waals surface area (Å²) in [6, 6.07) is 4.08. The molecule has 1 amide bonds. The molecular formula is C15H18N4OS. The summed E-state index contributed by atoms with van der Waals surface area (Å²) in [6.45, 7) is 3.32. The second kappa shape index (κ2) is 4.96. The lowest BCUT2D eigenvalue weighted by Crippen LogP contribution is -2.57. The van der Waals surface area contributed by atoms with E-state index >= 15 is 0 Å². The number of nitrogens with zero attached hydrogens (tertiary/aromatic N) is 2. The van der Waals surface area contributed by atoms with E-state index in [1.165, 1.54) is 37.3 Å². The van der Waals surface area contributed by atoms with Crippen LogP contribution in [0.3, 0.4) is 0 Å². The van der Waals surface area contributed by atoms with Crippen LogP contribution in [0.2, 0.25) is 0 Å². The van der Waals surface area contributed by atoms with Crippen molar-refractivity contribution >= 4 is 33.1 Å². The highest BCUT2D eigenvalue weighted by molar-refractivity contribution is 7.21. The average molecular weight is 302 g/mol. The van der Waals surface area contributed by atoms with Gasteiger partial charge in [-0.05, 0) is 44.0 Å². The largest absolute Gasteiger partial charge is 0.396 e. The molecule has 0 aromatic carbocycles. The Balaban J connectivity index is 1.58. The minimum Gasteiger partial charge on any atom is -0.396 e. The number of aromatic nitrogens is 1. The maximum Gasteiger partial charge on any atom is 0.263 e. The third kappa shape index (κ3) is 2.18. The zero-order valence-electron chi connectivity index (χ0n) is 11.7. The summed E-state index contributed by atoms with van der Waals surface area (Å²) in [4.78, 5) is 19.8. The van der Waals surface area contributed by atoms with Crippen LogP contribution in [0.5, 0.6) is 0 Å². The normalized spacial score (nSPS) is 27.9. The summed E-state index contributed by atoms with van der Waals surface area (Å²) < 4.78 is 0.967. The minimum absolute atomic E-state index is 0.0470. The minimum atomic E-state index is -0.0470. The highest BCUT2D eigenvalue weighted by atomic mass is 32.1. The predicted octanol–water partition coefficient (Wildman–Crippen LogP) is 1.70. The molecule has 110 valence electrons. The maximum absolute atomic E-state index is 12.6. The van der Waals surface area contributed by atoms with Gasteiger partial charge in [0.25, 0.3) is 5.91 Å². The SMILES string of the molecule is Nc1c(C(=O)NC2CN3CCC2CC3)sc2cccnc12. The van der Waals surface area contributed by atoms with Crippen molar-refractivity contribution < 1.29 is 4.79 Å². The first kappa shape index (κ1) is 13.0. The van der Waals surface area contributed by atoms with Gasteiger partial charge in [-0.15, -0.1) is 11.3 Å². The van der Waals surface area contributed by atoms with Crippen LogP contribution in [0.15, 0.2) is 18.3 Å². The quantitative estimate of drug-likeness (QED) is 0.886. The molecule has 0 aliphatic carbocycles. The van der Waals surface area contributed by atoms with E-state index in [0.29, 0.717) is 16.5 Å². The van der Waals surface area contributed by atoms with Gasteiger partial charge in [0.05, 0.1) is 10.4 Å². The van der Waals surface area contributed by atoms with E-state index < -0.39 is 0 Å². The highest BCUT2D eigenvalue weighted by Gasteiger charge is 2.35. The van der Waals surface area contributed by atoms with Crippen molar-refractivity contribution in [2.24, 2.45) is 5.92 Å². The Hall–Kier alpha value is -1.66. The lowest BCUT2D eigenvalue weighted by molar-refractivity contribution is 0.0623. The lowest BCUT2D eigenvalue weighted by atomic mass is 9.84. The zero-order valence-corrected chi connectivity index (χ0v) is 12.5. The van der Waals surface area contributed by atoms with Gasteiger partial charge >= 0.3 is 0 Å². The van der Waals surface area contributed by atoms with Crippen LogP contribution in [-0.2, 0) is 0 Å². The molecule has 2 aromatic rings. The van der Waals surface area contributed by atoms with Crippen molar-refractivity contribution in [3.05, 3.63) is 23.2 Å². The number of nitrogen functional groups attached to an aromatic ring is 1. The summed E-state index contributed by atoms with van der Waals surface area (Å²) in [5.74, 6) is 0.571. The summed E-state index contributed by atoms with van der Waals surface area (Å²) >= 11 is 1.43. The smallest absolute Gasteiger partial charge is 0.263 e. The molecule has 3 N–H and O–H groups in total. The van der Waals surface area contributed by atoms with E-state index in [2.05, 4.69) is 15.2 Å². The number of pyridine rings is 1. The van der Waals surface area contributed by atoms with Crippen molar-refractivity contribution in [1.82, 2.24) is 15.2 Å². The number of nitrogens with one attached hydrogen (secondary N) is 1. The number of fused-ring (bicyclic) bond motifs is 4. The third-order valence-corrected chi connectivity index (χ3v) is 5.82. The number of anilines is 1. The molecule has 6 heteroatoms. The predicted molar refractivity (Wildman–Crippen MR) is 84.5 cm³/mol. The van der Waals surface area contributed by atoms with Gasteiger partial charge in [-0.1, -0.05) is 0 Å². The molecule has 2 bridgehead atoms. The molecule has 5 nitrogen and oxygen atoms in total. The second-order valence-electron chi connectivity index (χ2n) is 5.91. The van der Waals surface area contributed by atoms with E-state index in [-0.39, 0.29) is 11.9 Å². The van der Waals surface area contributed by atoms with Crippen molar-refractivity contribution in [1.29, 1.82) is 0 Å². The number of carbonyl (C=O) groups excluding carboxylic acids is 1. The molecule has 21 heavy (non-hydrogen) atoms. The number of thiophene rings is 1. The number of hydrogen-bond acceptors (Lipinski definition) is 5. The Labute approximate surface area is 127 Å². The molecule has 5 rings (SSSR count). The van der Waals surface area contributed by atoms with E-state index in [1.54, 1.807) is 6.20 Å². The summed E-state index contributed by atoms with van der Waals surface area (Å²) in [5.41, 5.74) is 7.34. The fraction of sp³-hybridized carbons (Fsp3) is 0.467. The number of carbonyl (C=O) groups is 1. The first-order chi connectivity index (χ1) is 10.2. The summed E-state index contributed by atoms with van der Waals surface area (Å²) in [6.07, 6.45) is 4.09. The number of nitrogens with two attached hydrogens (primary N) is 1. The van der Waals surface area contributed by atoms with E-state index in [4.69, 9.17) is 5.73 Å². The first-order valence-corrected chi connectivity index (χ1v) is 8.20. The molecule has 3 aliphatic rings. The van der Waals surface area contributed by atoms with E-state index in [1.807, 2.05) is 12.1 Å². The molecule has 3 aliphatic heterocycles. The molecular weight excluding hydrogens is 284 g/mol. The van der Waals surface area contributed by atoms with Gasteiger partial charge in [-0.2, -0.15) is 0 Å². The molecule has 2 aromatic heterocycles. The molecule has 1 unspecified atom stereocenters. The van der Waals surface area contributed by atoms with Crippen LogP contribution in [-0.4, -0.2) is 41.5 Å². The Morgan fingerprint density at radius 2 is 2.24 bits per heavy atom. The number of amides is 1. The Kier molecular flexibility index (Phi) is 3.08. The van der Waals surface area contributed by atoms with E-state index in [9.17, 15) is 4.79 Å². The van der Waals surface area contributed by atoms with Gasteiger partial charge in [-0.3, -0.25) is 9.78 Å². The fourth-order valence-corrected chi connectivity index (χ4v) is 4.46. The maximum atomic E-state index is 12.6. The number of hydrogen-bond donors (Lipinski definition) is 2.